The van der Waals surface area contributed by atoms with Gasteiger partial charge in [-0.1, -0.05) is 72.8 Å². The van der Waals surface area contributed by atoms with Gasteiger partial charge in [-0.25, -0.2) is 18.0 Å². The topological polar surface area (TPSA) is 132 Å². The van der Waals surface area contributed by atoms with E-state index in [9.17, 15) is 18.0 Å². The molecule has 3 aromatic carbocycles. The molecule has 2 amide bonds. The van der Waals surface area contributed by atoms with Crippen LogP contribution in [-0.4, -0.2) is 66.1 Å². The Kier molecular flexibility index (Phi) is 10.7. The van der Waals surface area contributed by atoms with Gasteiger partial charge in [0, 0.05) is 7.05 Å². The molecule has 0 fully saturated rings. The smallest absolute Gasteiger partial charge is 0.408 e. The van der Waals surface area contributed by atoms with Crippen LogP contribution in [0.1, 0.15) is 16.7 Å². The highest BCUT2D eigenvalue weighted by atomic mass is 32.2. The van der Waals surface area contributed by atoms with Crippen LogP contribution in [0.2, 0.25) is 0 Å². The van der Waals surface area contributed by atoms with Gasteiger partial charge in [-0.3, -0.25) is 5.32 Å². The van der Waals surface area contributed by atoms with E-state index in [1.54, 1.807) is 7.11 Å². The molecule has 0 radical (unpaired) electrons. The van der Waals surface area contributed by atoms with Gasteiger partial charge in [-0.05, 0) is 28.8 Å². The third-order valence-corrected chi connectivity index (χ3v) is 7.56. The van der Waals surface area contributed by atoms with Crippen molar-refractivity contribution < 1.29 is 32.2 Å². The number of amides is 2. The lowest BCUT2D eigenvalue weighted by Gasteiger charge is -2.37. The van der Waals surface area contributed by atoms with Gasteiger partial charge in [0.1, 0.15) is 19.0 Å². The first-order chi connectivity index (χ1) is 18.8. The van der Waals surface area contributed by atoms with Crippen LogP contribution in [0.3, 0.4) is 0 Å². The zero-order valence-electron chi connectivity index (χ0n) is 21.9. The molecule has 0 atom stereocenters. The minimum Gasteiger partial charge on any atom is -0.497 e. The number of alkyl carbamates (subject to hydrolysis) is 2. The molecule has 3 N–H and O–H groups in total. The summed E-state index contributed by atoms with van der Waals surface area (Å²) in [5, 5.41) is 8.36. The van der Waals surface area contributed by atoms with Crippen molar-refractivity contribution in [2.24, 2.45) is 0 Å². The SMILES string of the molecule is CNC(=O)OCCS(=O)(=O)CCOC(=O)NCNC(c1ccccc1)(c1ccccc1)c1ccc(OC)cc1. The van der Waals surface area contributed by atoms with Crippen LogP contribution in [0, 0.1) is 0 Å². The van der Waals surface area contributed by atoms with Gasteiger partial charge in [0.05, 0.1) is 30.8 Å². The van der Waals surface area contributed by atoms with Crippen LogP contribution < -0.4 is 20.7 Å². The Labute approximate surface area is 228 Å². The van der Waals surface area contributed by atoms with E-state index in [1.807, 2.05) is 84.9 Å². The number of methoxy groups -OCH3 is 1. The lowest BCUT2D eigenvalue weighted by atomic mass is 9.77. The van der Waals surface area contributed by atoms with Crippen molar-refractivity contribution in [3.05, 3.63) is 102 Å². The van der Waals surface area contributed by atoms with Crippen molar-refractivity contribution >= 4 is 22.0 Å². The molecule has 3 aromatic rings. The zero-order valence-corrected chi connectivity index (χ0v) is 22.7. The number of ether oxygens (including phenoxy) is 3. The number of nitrogens with one attached hydrogen (secondary N) is 3. The number of carbonyl (C=O) groups is 2. The first-order valence-electron chi connectivity index (χ1n) is 12.3. The van der Waals surface area contributed by atoms with Gasteiger partial charge in [0.2, 0.25) is 0 Å². The van der Waals surface area contributed by atoms with Crippen LogP contribution in [0.5, 0.6) is 5.75 Å². The van der Waals surface area contributed by atoms with E-state index in [0.717, 1.165) is 16.7 Å². The molecule has 0 bridgehead atoms. The molecule has 0 aliphatic rings. The predicted octanol–water partition coefficient (Wildman–Crippen LogP) is 3.03. The molecule has 0 aliphatic heterocycles. The maximum absolute atomic E-state index is 12.4. The van der Waals surface area contributed by atoms with E-state index in [0.29, 0.717) is 5.75 Å². The van der Waals surface area contributed by atoms with Crippen LogP contribution in [-0.2, 0) is 24.8 Å². The summed E-state index contributed by atoms with van der Waals surface area (Å²) in [6, 6.07) is 27.3. The van der Waals surface area contributed by atoms with Crippen LogP contribution in [0.25, 0.3) is 0 Å². The summed E-state index contributed by atoms with van der Waals surface area (Å²) < 4.78 is 39.3. The molecule has 0 aromatic heterocycles. The molecular formula is C28H33N3O7S. The summed E-state index contributed by atoms with van der Waals surface area (Å²) in [6.07, 6.45) is -1.49. The second-order valence-electron chi connectivity index (χ2n) is 8.41. The average Bonchev–Trinajstić information content (AvgIpc) is 2.96. The van der Waals surface area contributed by atoms with E-state index in [4.69, 9.17) is 14.2 Å². The first-order valence-corrected chi connectivity index (χ1v) is 14.1. The number of hydrogen-bond donors (Lipinski definition) is 3. The highest BCUT2D eigenvalue weighted by Crippen LogP contribution is 2.37. The second-order valence-corrected chi connectivity index (χ2v) is 10.7. The van der Waals surface area contributed by atoms with E-state index in [-0.39, 0.29) is 25.6 Å². The summed E-state index contributed by atoms with van der Waals surface area (Å²) >= 11 is 0. The minimum absolute atomic E-state index is 0.0152. The van der Waals surface area contributed by atoms with Crippen molar-refractivity contribution in [3.8, 4) is 5.75 Å². The maximum Gasteiger partial charge on any atom is 0.408 e. The molecule has 39 heavy (non-hydrogen) atoms. The lowest BCUT2D eigenvalue weighted by molar-refractivity contribution is 0.151. The van der Waals surface area contributed by atoms with Crippen LogP contribution >= 0.6 is 0 Å². The molecule has 3 rings (SSSR count). The second kappa shape index (κ2) is 14.2. The summed E-state index contributed by atoms with van der Waals surface area (Å²) in [5.41, 5.74) is 1.97. The van der Waals surface area contributed by atoms with Gasteiger partial charge >= 0.3 is 12.2 Å². The average molecular weight is 556 g/mol. The van der Waals surface area contributed by atoms with E-state index < -0.39 is 33.3 Å². The lowest BCUT2D eigenvalue weighted by Crippen LogP contribution is -2.49. The van der Waals surface area contributed by atoms with Crippen molar-refractivity contribution in [2.75, 3.05) is 45.5 Å². The number of carbonyl (C=O) groups excluding carboxylic acids is 2. The summed E-state index contributed by atoms with van der Waals surface area (Å²) in [5.74, 6) is -0.0501. The Morgan fingerprint density at radius 2 is 1.23 bits per heavy atom. The van der Waals surface area contributed by atoms with E-state index >= 15 is 0 Å². The Bertz CT molecular complexity index is 1260. The van der Waals surface area contributed by atoms with Gasteiger partial charge < -0.3 is 24.8 Å². The van der Waals surface area contributed by atoms with Crippen molar-refractivity contribution in [1.82, 2.24) is 16.0 Å². The number of hydrogen-bond acceptors (Lipinski definition) is 8. The fourth-order valence-electron chi connectivity index (χ4n) is 4.02. The normalized spacial score (nSPS) is 11.3. The highest BCUT2D eigenvalue weighted by molar-refractivity contribution is 7.91. The Balaban J connectivity index is 1.70. The molecule has 0 saturated heterocycles. The number of benzene rings is 3. The molecule has 0 unspecified atom stereocenters. The molecule has 11 heteroatoms. The minimum atomic E-state index is -3.57. The zero-order chi connectivity index (χ0) is 28.1. The molecule has 0 aliphatic carbocycles. The first kappa shape index (κ1) is 29.5. The summed E-state index contributed by atoms with van der Waals surface area (Å²) in [4.78, 5) is 23.4. The fraction of sp³-hybridized carbons (Fsp3) is 0.286. The van der Waals surface area contributed by atoms with Gasteiger partial charge in [0.25, 0.3) is 0 Å². The quantitative estimate of drug-likeness (QED) is 0.217. The predicted molar refractivity (Wildman–Crippen MR) is 147 cm³/mol. The fourth-order valence-corrected chi connectivity index (χ4v) is 4.90. The van der Waals surface area contributed by atoms with Crippen molar-refractivity contribution in [2.45, 2.75) is 5.54 Å². The monoisotopic (exact) mass is 555 g/mol. The molecule has 0 heterocycles. The van der Waals surface area contributed by atoms with Crippen molar-refractivity contribution in [3.63, 3.8) is 0 Å². The number of sulfone groups is 1. The summed E-state index contributed by atoms with van der Waals surface area (Å²) in [7, 11) is -0.595. The van der Waals surface area contributed by atoms with Gasteiger partial charge in [-0.2, -0.15) is 0 Å². The van der Waals surface area contributed by atoms with Crippen LogP contribution in [0.4, 0.5) is 9.59 Å². The molecular weight excluding hydrogens is 522 g/mol. The molecule has 10 nitrogen and oxygen atoms in total. The maximum atomic E-state index is 12.4. The van der Waals surface area contributed by atoms with Gasteiger partial charge in [-0.15, -0.1) is 0 Å². The third kappa shape index (κ3) is 8.20. The molecule has 0 spiro atoms. The van der Waals surface area contributed by atoms with Gasteiger partial charge in [0.15, 0.2) is 9.84 Å². The van der Waals surface area contributed by atoms with Crippen LogP contribution in [0.15, 0.2) is 84.9 Å². The Hall–Kier alpha value is -4.09. The Morgan fingerprint density at radius 1 is 0.744 bits per heavy atom. The highest BCUT2D eigenvalue weighted by Gasteiger charge is 2.36. The standard InChI is InChI=1S/C28H33N3O7S/c1-29-26(32)37-17-19-39(34,35)20-18-38-27(33)30-21-31-28(22-9-5-3-6-10-22,23-11-7-4-8-12-23)24-13-15-25(36-2)16-14-24/h3-16,31H,17-21H2,1-2H3,(H,29,32)(H,30,33). The van der Waals surface area contributed by atoms with Crippen molar-refractivity contribution in [1.29, 1.82) is 0 Å². The molecule has 0 saturated carbocycles. The van der Waals surface area contributed by atoms with E-state index in [2.05, 4.69) is 16.0 Å². The third-order valence-electron chi connectivity index (χ3n) is 5.98. The largest absolute Gasteiger partial charge is 0.497 e. The van der Waals surface area contributed by atoms with E-state index in [1.165, 1.54) is 7.05 Å². The Morgan fingerprint density at radius 3 is 1.72 bits per heavy atom. The molecule has 208 valence electrons. The number of rotatable bonds is 13. The summed E-state index contributed by atoms with van der Waals surface area (Å²) in [6.45, 7) is -0.610.